The average Bonchev–Trinajstić information content (AvgIpc) is 2.53. The Kier molecular flexibility index (Phi) is 3.32. The number of nitrogens with one attached hydrogen (secondary N) is 1. The normalized spacial score (nSPS) is 12.8. The Labute approximate surface area is 79.6 Å². The quantitative estimate of drug-likeness (QED) is 0.719. The summed E-state index contributed by atoms with van der Waals surface area (Å²) >= 11 is 0. The predicted octanol–water partition coefficient (Wildman–Crippen LogP) is 2.68. The van der Waals surface area contributed by atoms with Crippen molar-refractivity contribution in [2.24, 2.45) is 0 Å². The standard InChI is InChI=1S/C11H17NO/c1-5-10-9(6-7-13-10)11(12-4)8(2)3/h6-7,11-12H,2,5H2,1,3-4H3. The zero-order chi connectivity index (χ0) is 9.84. The third kappa shape index (κ3) is 2.01. The second kappa shape index (κ2) is 4.28. The van der Waals surface area contributed by atoms with E-state index in [1.54, 1.807) is 6.26 Å². The molecule has 0 aliphatic heterocycles. The van der Waals surface area contributed by atoms with Crippen LogP contribution >= 0.6 is 0 Å². The summed E-state index contributed by atoms with van der Waals surface area (Å²) in [6.07, 6.45) is 2.66. The van der Waals surface area contributed by atoms with Crippen LogP contribution in [0.15, 0.2) is 28.9 Å². The van der Waals surface area contributed by atoms with Crippen LogP contribution < -0.4 is 5.32 Å². The van der Waals surface area contributed by atoms with Crippen molar-refractivity contribution in [3.63, 3.8) is 0 Å². The van der Waals surface area contributed by atoms with E-state index in [9.17, 15) is 0 Å². The largest absolute Gasteiger partial charge is 0.469 e. The minimum absolute atomic E-state index is 0.216. The number of hydrogen-bond donors (Lipinski definition) is 1. The van der Waals surface area contributed by atoms with E-state index in [2.05, 4.69) is 18.8 Å². The van der Waals surface area contributed by atoms with E-state index in [0.717, 1.165) is 17.8 Å². The fraction of sp³-hybridized carbons (Fsp3) is 0.455. The molecule has 1 heterocycles. The second-order valence-corrected chi connectivity index (χ2v) is 3.22. The first-order valence-corrected chi connectivity index (χ1v) is 4.59. The Hall–Kier alpha value is -1.02. The van der Waals surface area contributed by atoms with Crippen molar-refractivity contribution < 1.29 is 4.42 Å². The fourth-order valence-electron chi connectivity index (χ4n) is 1.56. The van der Waals surface area contributed by atoms with E-state index in [0.29, 0.717) is 0 Å². The fourth-order valence-corrected chi connectivity index (χ4v) is 1.56. The van der Waals surface area contributed by atoms with Gasteiger partial charge in [0.15, 0.2) is 0 Å². The van der Waals surface area contributed by atoms with Gasteiger partial charge in [0.1, 0.15) is 5.76 Å². The van der Waals surface area contributed by atoms with Gasteiger partial charge in [-0.2, -0.15) is 0 Å². The molecular weight excluding hydrogens is 162 g/mol. The van der Waals surface area contributed by atoms with E-state index in [-0.39, 0.29) is 6.04 Å². The zero-order valence-corrected chi connectivity index (χ0v) is 8.55. The van der Waals surface area contributed by atoms with Crippen molar-refractivity contribution in [1.82, 2.24) is 5.32 Å². The van der Waals surface area contributed by atoms with Crippen LogP contribution in [0.1, 0.15) is 31.2 Å². The molecule has 0 amide bonds. The number of rotatable bonds is 4. The molecule has 2 heteroatoms. The van der Waals surface area contributed by atoms with Crippen LogP contribution in [-0.2, 0) is 6.42 Å². The topological polar surface area (TPSA) is 25.2 Å². The molecule has 0 aromatic carbocycles. The molecular formula is C11H17NO. The molecule has 0 fully saturated rings. The maximum absolute atomic E-state index is 5.37. The van der Waals surface area contributed by atoms with Crippen LogP contribution in [0, 0.1) is 0 Å². The van der Waals surface area contributed by atoms with Crippen molar-refractivity contribution in [2.75, 3.05) is 7.05 Å². The van der Waals surface area contributed by atoms with Gasteiger partial charge in [0, 0.05) is 12.0 Å². The maximum atomic E-state index is 5.37. The molecule has 0 aliphatic rings. The highest BCUT2D eigenvalue weighted by Gasteiger charge is 2.15. The smallest absolute Gasteiger partial charge is 0.108 e. The first-order chi connectivity index (χ1) is 6.20. The summed E-state index contributed by atoms with van der Waals surface area (Å²) in [5.74, 6) is 1.04. The van der Waals surface area contributed by atoms with Crippen molar-refractivity contribution in [3.8, 4) is 0 Å². The van der Waals surface area contributed by atoms with E-state index in [1.165, 1.54) is 5.56 Å². The van der Waals surface area contributed by atoms with Crippen LogP contribution in [0.3, 0.4) is 0 Å². The van der Waals surface area contributed by atoms with Gasteiger partial charge in [-0.3, -0.25) is 0 Å². The van der Waals surface area contributed by atoms with Gasteiger partial charge < -0.3 is 9.73 Å². The highest BCUT2D eigenvalue weighted by Crippen LogP contribution is 2.24. The summed E-state index contributed by atoms with van der Waals surface area (Å²) in [4.78, 5) is 0. The molecule has 1 unspecified atom stereocenters. The lowest BCUT2D eigenvalue weighted by Crippen LogP contribution is -2.17. The molecule has 13 heavy (non-hydrogen) atoms. The van der Waals surface area contributed by atoms with Crippen LogP contribution in [0.5, 0.6) is 0 Å². The van der Waals surface area contributed by atoms with Gasteiger partial charge in [-0.25, -0.2) is 0 Å². The molecule has 2 nitrogen and oxygen atoms in total. The SMILES string of the molecule is C=C(C)C(NC)c1ccoc1CC. The van der Waals surface area contributed by atoms with Gasteiger partial charge in [0.2, 0.25) is 0 Å². The molecule has 72 valence electrons. The van der Waals surface area contributed by atoms with E-state index in [4.69, 9.17) is 4.42 Å². The van der Waals surface area contributed by atoms with Gasteiger partial charge in [-0.1, -0.05) is 19.1 Å². The number of furan rings is 1. The summed E-state index contributed by atoms with van der Waals surface area (Å²) in [7, 11) is 1.94. The third-order valence-corrected chi connectivity index (χ3v) is 2.19. The van der Waals surface area contributed by atoms with Crippen LogP contribution in [0.2, 0.25) is 0 Å². The van der Waals surface area contributed by atoms with Crippen molar-refractivity contribution >= 4 is 0 Å². The van der Waals surface area contributed by atoms with E-state index >= 15 is 0 Å². The molecule has 1 atom stereocenters. The van der Waals surface area contributed by atoms with Crippen molar-refractivity contribution in [2.45, 2.75) is 26.3 Å². The lowest BCUT2D eigenvalue weighted by Gasteiger charge is -2.15. The maximum Gasteiger partial charge on any atom is 0.108 e. The highest BCUT2D eigenvalue weighted by atomic mass is 16.3. The lowest BCUT2D eigenvalue weighted by molar-refractivity contribution is 0.504. The molecule has 0 saturated heterocycles. The van der Waals surface area contributed by atoms with E-state index < -0.39 is 0 Å². The van der Waals surface area contributed by atoms with Gasteiger partial charge in [-0.05, 0) is 20.0 Å². The van der Waals surface area contributed by atoms with Crippen LogP contribution in [-0.4, -0.2) is 7.05 Å². The molecule has 0 saturated carbocycles. The summed E-state index contributed by atoms with van der Waals surface area (Å²) in [6.45, 7) is 8.07. The highest BCUT2D eigenvalue weighted by molar-refractivity contribution is 5.28. The molecule has 0 spiro atoms. The third-order valence-electron chi connectivity index (χ3n) is 2.19. The van der Waals surface area contributed by atoms with E-state index in [1.807, 2.05) is 20.0 Å². The first kappa shape index (κ1) is 10.1. The Morgan fingerprint density at radius 2 is 2.38 bits per heavy atom. The Balaban J connectivity index is 2.96. The first-order valence-electron chi connectivity index (χ1n) is 4.59. The zero-order valence-electron chi connectivity index (χ0n) is 8.55. The summed E-state index contributed by atoms with van der Waals surface area (Å²) in [5, 5.41) is 3.22. The number of hydrogen-bond acceptors (Lipinski definition) is 2. The minimum Gasteiger partial charge on any atom is -0.469 e. The Morgan fingerprint density at radius 3 is 2.85 bits per heavy atom. The molecule has 1 rings (SSSR count). The van der Waals surface area contributed by atoms with Gasteiger partial charge >= 0.3 is 0 Å². The lowest BCUT2D eigenvalue weighted by atomic mass is 10.0. The van der Waals surface area contributed by atoms with Crippen molar-refractivity contribution in [1.29, 1.82) is 0 Å². The Bertz CT molecular complexity index is 288. The molecule has 0 radical (unpaired) electrons. The monoisotopic (exact) mass is 179 g/mol. The molecule has 1 N–H and O–H groups in total. The predicted molar refractivity (Wildman–Crippen MR) is 54.7 cm³/mol. The molecule has 0 bridgehead atoms. The number of likely N-dealkylation sites (N-methyl/N-ethyl adjacent to an activating group) is 1. The van der Waals surface area contributed by atoms with Gasteiger partial charge in [0.25, 0.3) is 0 Å². The van der Waals surface area contributed by atoms with Crippen LogP contribution in [0.25, 0.3) is 0 Å². The minimum atomic E-state index is 0.216. The molecule has 1 aromatic rings. The Morgan fingerprint density at radius 1 is 1.69 bits per heavy atom. The summed E-state index contributed by atoms with van der Waals surface area (Å²) in [5.41, 5.74) is 2.32. The van der Waals surface area contributed by atoms with Crippen LogP contribution in [0.4, 0.5) is 0 Å². The van der Waals surface area contributed by atoms with Gasteiger partial charge in [0.05, 0.1) is 12.3 Å². The molecule has 1 aromatic heterocycles. The summed E-state index contributed by atoms with van der Waals surface area (Å²) < 4.78 is 5.37. The summed E-state index contributed by atoms with van der Waals surface area (Å²) in [6, 6.07) is 2.22. The average molecular weight is 179 g/mol. The number of aryl methyl sites for hydroxylation is 1. The van der Waals surface area contributed by atoms with Gasteiger partial charge in [-0.15, -0.1) is 0 Å². The van der Waals surface area contributed by atoms with Crippen molar-refractivity contribution in [3.05, 3.63) is 35.8 Å². The second-order valence-electron chi connectivity index (χ2n) is 3.22. The molecule has 0 aliphatic carbocycles.